The Hall–Kier alpha value is -3.76. The van der Waals surface area contributed by atoms with Gasteiger partial charge in [-0.1, -0.05) is 35.3 Å². The zero-order chi connectivity index (χ0) is 25.0. The highest BCUT2D eigenvalue weighted by Crippen LogP contribution is 2.31. The van der Waals surface area contributed by atoms with Crippen molar-refractivity contribution in [3.8, 4) is 22.9 Å². The Bertz CT molecular complexity index is 1370. The lowest BCUT2D eigenvalue weighted by molar-refractivity contribution is -0.192. The number of halogens is 5. The molecule has 176 valence electrons. The largest absolute Gasteiger partial charge is 0.490 e. The minimum absolute atomic E-state index is 0.424. The van der Waals surface area contributed by atoms with Gasteiger partial charge in [-0.2, -0.15) is 13.2 Å². The van der Waals surface area contributed by atoms with E-state index in [9.17, 15) is 18.0 Å². The number of carboxylic acids is 1. The maximum Gasteiger partial charge on any atom is 0.490 e. The molecule has 0 radical (unpaired) electrons. The minimum atomic E-state index is -5.08. The first-order valence-corrected chi connectivity index (χ1v) is 10.0. The van der Waals surface area contributed by atoms with Crippen molar-refractivity contribution in [2.45, 2.75) is 6.18 Å². The van der Waals surface area contributed by atoms with E-state index in [1.165, 1.54) is 0 Å². The van der Waals surface area contributed by atoms with Crippen LogP contribution in [0.1, 0.15) is 10.4 Å². The monoisotopic (exact) mass is 511 g/mol. The molecule has 0 saturated heterocycles. The van der Waals surface area contributed by atoms with E-state index >= 15 is 0 Å². The smallest absolute Gasteiger partial charge is 0.475 e. The zero-order valence-electron chi connectivity index (χ0n) is 16.9. The van der Waals surface area contributed by atoms with E-state index in [1.807, 2.05) is 24.3 Å². The molecule has 4 rings (SSSR count). The number of ether oxygens (including phenoxy) is 1. The van der Waals surface area contributed by atoms with E-state index in [0.29, 0.717) is 32.9 Å². The molecule has 0 aliphatic carbocycles. The Morgan fingerprint density at radius 1 is 0.971 bits per heavy atom. The predicted molar refractivity (Wildman–Crippen MR) is 120 cm³/mol. The number of H-pyrrole nitrogens is 1. The predicted octanol–water partition coefficient (Wildman–Crippen LogP) is 6.06. The van der Waals surface area contributed by atoms with Crippen LogP contribution in [0.25, 0.3) is 22.4 Å². The zero-order valence-corrected chi connectivity index (χ0v) is 18.4. The molecule has 0 unspecified atom stereocenters. The van der Waals surface area contributed by atoms with E-state index in [1.54, 1.807) is 36.4 Å². The number of imidazole rings is 1. The fraction of sp³-hybridized carbons (Fsp3) is 0.0455. The number of aliphatic carboxylic acids is 1. The summed E-state index contributed by atoms with van der Waals surface area (Å²) in [6.07, 6.45) is -5.08. The van der Waals surface area contributed by atoms with Crippen LogP contribution in [-0.4, -0.2) is 33.1 Å². The number of alkyl halides is 3. The topological polar surface area (TPSA) is 118 Å². The van der Waals surface area contributed by atoms with Crippen molar-refractivity contribution in [3.63, 3.8) is 0 Å². The van der Waals surface area contributed by atoms with Crippen LogP contribution in [0.4, 0.5) is 13.2 Å². The first-order chi connectivity index (χ1) is 15.9. The van der Waals surface area contributed by atoms with Gasteiger partial charge in [-0.25, -0.2) is 9.78 Å². The molecule has 34 heavy (non-hydrogen) atoms. The molecule has 4 aromatic rings. The molecule has 1 amide bonds. The second-order valence-corrected chi connectivity index (χ2v) is 7.50. The van der Waals surface area contributed by atoms with E-state index in [2.05, 4.69) is 9.97 Å². The number of carbonyl (C=O) groups is 2. The highest BCUT2D eigenvalue weighted by molar-refractivity contribution is 6.42. The van der Waals surface area contributed by atoms with Gasteiger partial charge in [-0.05, 0) is 42.5 Å². The number of benzene rings is 3. The van der Waals surface area contributed by atoms with Gasteiger partial charge in [0.25, 0.3) is 0 Å². The van der Waals surface area contributed by atoms with Crippen molar-refractivity contribution in [2.24, 2.45) is 5.73 Å². The number of rotatable bonds is 4. The van der Waals surface area contributed by atoms with E-state index in [-0.39, 0.29) is 0 Å². The molecule has 3 aromatic carbocycles. The number of nitrogens with one attached hydrogen (secondary N) is 1. The molecule has 0 atom stereocenters. The van der Waals surface area contributed by atoms with Crippen LogP contribution < -0.4 is 10.5 Å². The molecule has 4 N–H and O–H groups in total. The number of fused-ring (bicyclic) bond motifs is 1. The molecule has 1 aromatic heterocycles. The number of carboxylic acid groups (broad SMARTS) is 1. The maximum absolute atomic E-state index is 11.3. The first kappa shape index (κ1) is 24.9. The average molecular weight is 512 g/mol. The standard InChI is InChI=1S/C20H13Cl2N3O2.C2HF3O2/c21-15-6-5-14(10-16(15)22)27-13-3-1-2-12(8-13)20-24-17-7-4-11(19(23)26)9-18(17)25-20;3-2(4,5)1(6)7/h1-10H,(H2,23,26)(H,24,25);(H,6,7). The molecule has 1 heterocycles. The highest BCUT2D eigenvalue weighted by Gasteiger charge is 2.38. The summed E-state index contributed by atoms with van der Waals surface area (Å²) in [6, 6.07) is 17.6. The molecule has 0 bridgehead atoms. The Kier molecular flexibility index (Phi) is 7.33. The molecule has 0 spiro atoms. The summed E-state index contributed by atoms with van der Waals surface area (Å²) in [4.78, 5) is 28.0. The molecular formula is C22H14Cl2F3N3O4. The van der Waals surface area contributed by atoms with Gasteiger partial charge in [0.15, 0.2) is 0 Å². The Morgan fingerprint density at radius 2 is 1.65 bits per heavy atom. The SMILES string of the molecule is NC(=O)c1ccc2nc(-c3cccc(Oc4ccc(Cl)c(Cl)c4)c3)[nH]c2c1.O=C(O)C(F)(F)F. The van der Waals surface area contributed by atoms with Gasteiger partial charge in [-0.15, -0.1) is 0 Å². The molecule has 0 aliphatic rings. The van der Waals surface area contributed by atoms with E-state index in [0.717, 1.165) is 16.6 Å². The minimum Gasteiger partial charge on any atom is -0.475 e. The summed E-state index contributed by atoms with van der Waals surface area (Å²) in [5.41, 5.74) is 8.07. The lowest BCUT2D eigenvalue weighted by Gasteiger charge is -2.07. The fourth-order valence-corrected chi connectivity index (χ4v) is 2.97. The third-order valence-electron chi connectivity index (χ3n) is 4.24. The Balaban J connectivity index is 0.000000406. The molecule has 0 fully saturated rings. The number of hydrogen-bond donors (Lipinski definition) is 3. The first-order valence-electron chi connectivity index (χ1n) is 9.27. The fourth-order valence-electron chi connectivity index (χ4n) is 2.68. The van der Waals surface area contributed by atoms with E-state index in [4.69, 9.17) is 43.6 Å². The summed E-state index contributed by atoms with van der Waals surface area (Å²) in [6.45, 7) is 0. The number of carbonyl (C=O) groups excluding carboxylic acids is 1. The van der Waals surface area contributed by atoms with Crippen LogP contribution in [-0.2, 0) is 4.79 Å². The van der Waals surface area contributed by atoms with Crippen molar-refractivity contribution in [1.82, 2.24) is 9.97 Å². The van der Waals surface area contributed by atoms with Crippen LogP contribution in [0.5, 0.6) is 11.5 Å². The summed E-state index contributed by atoms with van der Waals surface area (Å²) < 4.78 is 37.6. The number of aromatic nitrogens is 2. The van der Waals surface area contributed by atoms with Crippen molar-refractivity contribution in [3.05, 3.63) is 76.3 Å². The quantitative estimate of drug-likeness (QED) is 0.307. The van der Waals surface area contributed by atoms with Gasteiger partial charge in [0, 0.05) is 17.2 Å². The van der Waals surface area contributed by atoms with Gasteiger partial charge in [-0.3, -0.25) is 4.79 Å². The van der Waals surface area contributed by atoms with Crippen molar-refractivity contribution < 1.29 is 32.6 Å². The third kappa shape index (κ3) is 6.18. The van der Waals surface area contributed by atoms with Crippen LogP contribution in [0.3, 0.4) is 0 Å². The van der Waals surface area contributed by atoms with E-state index < -0.39 is 18.1 Å². The lowest BCUT2D eigenvalue weighted by atomic mass is 10.2. The second kappa shape index (κ2) is 10.0. The average Bonchev–Trinajstić information content (AvgIpc) is 3.20. The maximum atomic E-state index is 11.3. The van der Waals surface area contributed by atoms with Crippen molar-refractivity contribution in [1.29, 1.82) is 0 Å². The molecule has 0 saturated carbocycles. The molecule has 12 heteroatoms. The van der Waals surface area contributed by atoms with Crippen molar-refractivity contribution >= 4 is 46.1 Å². The summed E-state index contributed by atoms with van der Waals surface area (Å²) in [5.74, 6) is -1.37. The van der Waals surface area contributed by atoms with Gasteiger partial charge in [0.2, 0.25) is 5.91 Å². The summed E-state index contributed by atoms with van der Waals surface area (Å²) >= 11 is 12.0. The summed E-state index contributed by atoms with van der Waals surface area (Å²) in [7, 11) is 0. The third-order valence-corrected chi connectivity index (χ3v) is 4.98. The number of primary amides is 1. The van der Waals surface area contributed by atoms with Crippen LogP contribution >= 0.6 is 23.2 Å². The second-order valence-electron chi connectivity index (χ2n) is 6.69. The van der Waals surface area contributed by atoms with Gasteiger partial charge in [0.1, 0.15) is 17.3 Å². The lowest BCUT2D eigenvalue weighted by Crippen LogP contribution is -2.21. The van der Waals surface area contributed by atoms with Gasteiger partial charge in [0.05, 0.1) is 21.1 Å². The molecule has 7 nitrogen and oxygen atoms in total. The summed E-state index contributed by atoms with van der Waals surface area (Å²) in [5, 5.41) is 8.02. The number of nitrogens with zero attached hydrogens (tertiary/aromatic N) is 1. The molecular weight excluding hydrogens is 498 g/mol. The van der Waals surface area contributed by atoms with Crippen molar-refractivity contribution in [2.75, 3.05) is 0 Å². The number of nitrogens with two attached hydrogens (primary N) is 1. The number of hydrogen-bond acceptors (Lipinski definition) is 4. The van der Waals surface area contributed by atoms with Gasteiger partial charge < -0.3 is 20.6 Å². The molecule has 0 aliphatic heterocycles. The van der Waals surface area contributed by atoms with Crippen LogP contribution in [0, 0.1) is 0 Å². The number of amides is 1. The Labute approximate surface area is 199 Å². The normalized spacial score (nSPS) is 11.0. The van der Waals surface area contributed by atoms with Crippen LogP contribution in [0.2, 0.25) is 10.0 Å². The van der Waals surface area contributed by atoms with Crippen LogP contribution in [0.15, 0.2) is 60.7 Å². The number of aromatic amines is 1. The Morgan fingerprint density at radius 3 is 2.26 bits per heavy atom. The highest BCUT2D eigenvalue weighted by atomic mass is 35.5. The van der Waals surface area contributed by atoms with Gasteiger partial charge >= 0.3 is 12.1 Å².